The Hall–Kier alpha value is -2.49. The number of phenolic OH excluding ortho intramolecular Hbond substituents is 1. The predicted octanol–water partition coefficient (Wildman–Crippen LogP) is 3.86. The number of halogens is 1. The van der Waals surface area contributed by atoms with Gasteiger partial charge in [0.1, 0.15) is 23.7 Å². The summed E-state index contributed by atoms with van der Waals surface area (Å²) in [6.45, 7) is 0.135. The summed E-state index contributed by atoms with van der Waals surface area (Å²) in [5, 5.41) is 10.1. The fraction of sp³-hybridized carbons (Fsp3) is 0.0667. The number of furan rings is 1. The van der Waals surface area contributed by atoms with Crippen LogP contribution >= 0.6 is 0 Å². The molecule has 3 nitrogen and oxygen atoms in total. The van der Waals surface area contributed by atoms with Crippen LogP contribution in [0.1, 0.15) is 5.76 Å². The molecule has 1 heterocycles. The number of fused-ring (bicyclic) bond motifs is 1. The molecule has 0 saturated heterocycles. The molecule has 0 radical (unpaired) electrons. The van der Waals surface area contributed by atoms with E-state index in [-0.39, 0.29) is 18.1 Å². The van der Waals surface area contributed by atoms with Crippen LogP contribution in [0.4, 0.5) is 4.39 Å². The molecule has 0 amide bonds. The van der Waals surface area contributed by atoms with E-state index in [1.54, 1.807) is 42.5 Å². The Labute approximate surface area is 108 Å². The molecule has 1 aromatic heterocycles. The van der Waals surface area contributed by atoms with Crippen molar-refractivity contribution in [3.05, 3.63) is 60.1 Å². The average molecular weight is 258 g/mol. The van der Waals surface area contributed by atoms with E-state index in [0.29, 0.717) is 11.3 Å². The second-order valence-corrected chi connectivity index (χ2v) is 4.15. The van der Waals surface area contributed by atoms with Gasteiger partial charge < -0.3 is 14.3 Å². The lowest BCUT2D eigenvalue weighted by molar-refractivity contribution is 0.262. The van der Waals surface area contributed by atoms with E-state index in [1.807, 2.05) is 0 Å². The molecule has 2 aromatic carbocycles. The highest BCUT2D eigenvalue weighted by molar-refractivity contribution is 5.79. The number of rotatable bonds is 3. The van der Waals surface area contributed by atoms with Gasteiger partial charge in [-0.2, -0.15) is 0 Å². The van der Waals surface area contributed by atoms with Gasteiger partial charge in [-0.25, -0.2) is 4.39 Å². The Balaban J connectivity index is 1.80. The maximum absolute atomic E-state index is 13.4. The molecule has 1 N–H and O–H groups in total. The fourth-order valence-corrected chi connectivity index (χ4v) is 1.87. The summed E-state index contributed by atoms with van der Waals surface area (Å²) in [6.07, 6.45) is 0. The number of hydrogen-bond donors (Lipinski definition) is 1. The molecule has 3 rings (SSSR count). The van der Waals surface area contributed by atoms with Gasteiger partial charge in [0.2, 0.25) is 0 Å². The highest BCUT2D eigenvalue weighted by atomic mass is 19.1. The average Bonchev–Trinajstić information content (AvgIpc) is 2.79. The third-order valence-electron chi connectivity index (χ3n) is 2.76. The lowest BCUT2D eigenvalue weighted by atomic mass is 10.2. The van der Waals surface area contributed by atoms with Crippen molar-refractivity contribution in [2.24, 2.45) is 0 Å². The zero-order valence-corrected chi connectivity index (χ0v) is 9.97. The molecule has 0 atom stereocenters. The van der Waals surface area contributed by atoms with Crippen molar-refractivity contribution < 1.29 is 18.7 Å². The van der Waals surface area contributed by atoms with Gasteiger partial charge in [0, 0.05) is 5.39 Å². The molecule has 0 aliphatic carbocycles. The van der Waals surface area contributed by atoms with Gasteiger partial charge in [0.25, 0.3) is 0 Å². The minimum atomic E-state index is -0.406. The van der Waals surface area contributed by atoms with Crippen molar-refractivity contribution in [3.63, 3.8) is 0 Å². The number of hydrogen-bond acceptors (Lipinski definition) is 3. The van der Waals surface area contributed by atoms with Crippen LogP contribution in [-0.2, 0) is 6.61 Å². The largest absolute Gasteiger partial charge is 0.508 e. The minimum absolute atomic E-state index is 0.135. The molecule has 4 heteroatoms. The van der Waals surface area contributed by atoms with Crippen LogP contribution in [0, 0.1) is 5.82 Å². The van der Waals surface area contributed by atoms with Gasteiger partial charge in [-0.15, -0.1) is 0 Å². The normalized spacial score (nSPS) is 10.8. The minimum Gasteiger partial charge on any atom is -0.508 e. The molecule has 0 aliphatic heterocycles. The third kappa shape index (κ3) is 2.38. The Bertz CT molecular complexity index is 718. The monoisotopic (exact) mass is 258 g/mol. The Morgan fingerprint density at radius 2 is 1.95 bits per heavy atom. The molecule has 0 bridgehead atoms. The van der Waals surface area contributed by atoms with Crippen LogP contribution < -0.4 is 4.74 Å². The maximum atomic E-state index is 13.4. The van der Waals surface area contributed by atoms with Crippen LogP contribution in [0.25, 0.3) is 11.0 Å². The summed E-state index contributed by atoms with van der Waals surface area (Å²) in [5.41, 5.74) is 0.657. The fourth-order valence-electron chi connectivity index (χ4n) is 1.87. The quantitative estimate of drug-likeness (QED) is 0.775. The number of ether oxygens (including phenoxy) is 1. The molecule has 0 aliphatic rings. The van der Waals surface area contributed by atoms with Gasteiger partial charge in [-0.3, -0.25) is 0 Å². The summed E-state index contributed by atoms with van der Waals surface area (Å²) >= 11 is 0. The van der Waals surface area contributed by atoms with Crippen molar-refractivity contribution in [1.29, 1.82) is 0 Å². The van der Waals surface area contributed by atoms with Gasteiger partial charge in [0.05, 0.1) is 0 Å². The summed E-state index contributed by atoms with van der Waals surface area (Å²) in [4.78, 5) is 0. The Morgan fingerprint density at radius 1 is 1.11 bits per heavy atom. The second-order valence-electron chi connectivity index (χ2n) is 4.15. The number of phenols is 1. The van der Waals surface area contributed by atoms with Gasteiger partial charge in [-0.05, 0) is 36.4 Å². The van der Waals surface area contributed by atoms with Crippen LogP contribution in [0.15, 0.2) is 52.9 Å². The molecule has 0 fully saturated rings. The van der Waals surface area contributed by atoms with Crippen LogP contribution in [0.2, 0.25) is 0 Å². The molecule has 19 heavy (non-hydrogen) atoms. The SMILES string of the molecule is Oc1ccc2oc(COc3ccccc3F)cc2c1. The topological polar surface area (TPSA) is 42.6 Å². The van der Waals surface area contributed by atoms with E-state index in [9.17, 15) is 9.50 Å². The number of aromatic hydroxyl groups is 1. The maximum Gasteiger partial charge on any atom is 0.165 e. The molecule has 3 aromatic rings. The summed E-state index contributed by atoms with van der Waals surface area (Å²) in [7, 11) is 0. The first-order valence-corrected chi connectivity index (χ1v) is 5.81. The predicted molar refractivity (Wildman–Crippen MR) is 68.6 cm³/mol. The summed E-state index contributed by atoms with van der Waals surface area (Å²) in [6, 6.07) is 12.8. The van der Waals surface area contributed by atoms with E-state index in [0.717, 1.165) is 5.39 Å². The summed E-state index contributed by atoms with van der Waals surface area (Å²) < 4.78 is 24.2. The Kier molecular flexibility index (Phi) is 2.83. The van der Waals surface area contributed by atoms with Crippen molar-refractivity contribution in [3.8, 4) is 11.5 Å². The second kappa shape index (κ2) is 4.65. The molecule has 0 saturated carbocycles. The standard InChI is InChI=1S/C15H11FO3/c16-13-3-1-2-4-15(13)18-9-12-8-10-7-11(17)5-6-14(10)19-12/h1-8,17H,9H2. The smallest absolute Gasteiger partial charge is 0.165 e. The first-order valence-electron chi connectivity index (χ1n) is 5.81. The molecule has 0 unspecified atom stereocenters. The Morgan fingerprint density at radius 3 is 2.79 bits per heavy atom. The van der Waals surface area contributed by atoms with Gasteiger partial charge in [0.15, 0.2) is 11.6 Å². The number of benzene rings is 2. The third-order valence-corrected chi connectivity index (χ3v) is 2.76. The highest BCUT2D eigenvalue weighted by Gasteiger charge is 2.07. The van der Waals surface area contributed by atoms with Crippen molar-refractivity contribution in [1.82, 2.24) is 0 Å². The molecular formula is C15H11FO3. The number of para-hydroxylation sites is 1. The van der Waals surface area contributed by atoms with Crippen LogP contribution in [0.5, 0.6) is 11.5 Å². The van der Waals surface area contributed by atoms with Gasteiger partial charge >= 0.3 is 0 Å². The first kappa shape index (κ1) is 11.6. The zero-order valence-electron chi connectivity index (χ0n) is 9.97. The lowest BCUT2D eigenvalue weighted by Gasteiger charge is -2.04. The zero-order chi connectivity index (χ0) is 13.2. The van der Waals surface area contributed by atoms with Crippen LogP contribution in [0.3, 0.4) is 0 Å². The molecule has 0 spiro atoms. The van der Waals surface area contributed by atoms with E-state index in [2.05, 4.69) is 0 Å². The molecular weight excluding hydrogens is 247 g/mol. The van der Waals surface area contributed by atoms with E-state index in [1.165, 1.54) is 6.07 Å². The van der Waals surface area contributed by atoms with Gasteiger partial charge in [-0.1, -0.05) is 12.1 Å². The van der Waals surface area contributed by atoms with E-state index in [4.69, 9.17) is 9.15 Å². The van der Waals surface area contributed by atoms with E-state index < -0.39 is 5.82 Å². The van der Waals surface area contributed by atoms with Crippen molar-refractivity contribution in [2.45, 2.75) is 6.61 Å². The van der Waals surface area contributed by atoms with Crippen LogP contribution in [-0.4, -0.2) is 5.11 Å². The van der Waals surface area contributed by atoms with E-state index >= 15 is 0 Å². The molecule has 96 valence electrons. The first-order chi connectivity index (χ1) is 9.22. The summed E-state index contributed by atoms with van der Waals surface area (Å²) in [5.74, 6) is 0.529. The van der Waals surface area contributed by atoms with Crippen molar-refractivity contribution in [2.75, 3.05) is 0 Å². The van der Waals surface area contributed by atoms with Crippen molar-refractivity contribution >= 4 is 11.0 Å². The lowest BCUT2D eigenvalue weighted by Crippen LogP contribution is -1.95. The highest BCUT2D eigenvalue weighted by Crippen LogP contribution is 2.25.